The number of carbonyl (C=O) groups excluding carboxylic acids is 1. The van der Waals surface area contributed by atoms with E-state index in [2.05, 4.69) is 9.82 Å². The first-order valence-corrected chi connectivity index (χ1v) is 6.82. The number of imidazole rings is 1. The molecule has 0 aliphatic heterocycles. The lowest BCUT2D eigenvalue weighted by molar-refractivity contribution is -0.123. The summed E-state index contributed by atoms with van der Waals surface area (Å²) in [4.78, 5) is 20.6. The Kier molecular flexibility index (Phi) is 3.71. The molecule has 1 amide bonds. The molecule has 102 valence electrons. The van der Waals surface area contributed by atoms with Gasteiger partial charge in [0.25, 0.3) is 10.0 Å². The second-order valence-electron chi connectivity index (χ2n) is 3.48. The van der Waals surface area contributed by atoms with Crippen LogP contribution in [0.5, 0.6) is 0 Å². The molecule has 2 aromatic rings. The predicted octanol–water partition coefficient (Wildman–Crippen LogP) is -0.317. The van der Waals surface area contributed by atoms with Gasteiger partial charge in [-0.15, -0.1) is 0 Å². The van der Waals surface area contributed by atoms with Crippen LogP contribution < -0.4 is 10.6 Å². The predicted molar refractivity (Wildman–Crippen MR) is 65.7 cm³/mol. The largest absolute Gasteiger partial charge is 0.368 e. The fourth-order valence-electron chi connectivity index (χ4n) is 1.40. The summed E-state index contributed by atoms with van der Waals surface area (Å²) >= 11 is 5.80. The minimum Gasteiger partial charge on any atom is -0.368 e. The number of hydrogen-bond donors (Lipinski definition) is 2. The average molecular weight is 305 g/mol. The van der Waals surface area contributed by atoms with Gasteiger partial charge in [0, 0.05) is 6.20 Å². The van der Waals surface area contributed by atoms with Gasteiger partial charge in [0.15, 0.2) is 10.2 Å². The zero-order valence-corrected chi connectivity index (χ0v) is 11.0. The topological polar surface area (TPSA) is 116 Å². The Morgan fingerprint density at radius 2 is 2.26 bits per heavy atom. The SMILES string of the molecule is NC(=O)CONS(=O)(=O)c1c(Cl)nc2ccccn12. The third-order valence-electron chi connectivity index (χ3n) is 2.08. The summed E-state index contributed by atoms with van der Waals surface area (Å²) in [5.41, 5.74) is 5.18. The molecule has 10 heteroatoms. The number of aromatic nitrogens is 2. The molecule has 2 aromatic heterocycles. The molecule has 19 heavy (non-hydrogen) atoms. The van der Waals surface area contributed by atoms with Crippen molar-refractivity contribution in [2.24, 2.45) is 5.73 Å². The molecule has 2 rings (SSSR count). The first-order chi connectivity index (χ1) is 8.92. The summed E-state index contributed by atoms with van der Waals surface area (Å²) in [6, 6.07) is 4.90. The Bertz CT molecular complexity index is 727. The lowest BCUT2D eigenvalue weighted by Gasteiger charge is -2.05. The van der Waals surface area contributed by atoms with Crippen LogP contribution in [0, 0.1) is 0 Å². The fraction of sp³-hybridized carbons (Fsp3) is 0.111. The van der Waals surface area contributed by atoms with Gasteiger partial charge in [-0.3, -0.25) is 14.0 Å². The van der Waals surface area contributed by atoms with Crippen LogP contribution in [0.2, 0.25) is 5.15 Å². The van der Waals surface area contributed by atoms with Crippen LogP contribution in [0.25, 0.3) is 5.65 Å². The average Bonchev–Trinajstić information content (AvgIpc) is 2.64. The standard InChI is InChI=1S/C9H9ClN4O4S/c10-8-9(14-4-2-1-3-7(14)12-8)19(16,17)13-18-5-6(11)15/h1-4,13H,5H2,(H2,11,15). The van der Waals surface area contributed by atoms with Gasteiger partial charge >= 0.3 is 0 Å². The molecule has 0 fully saturated rings. The van der Waals surface area contributed by atoms with Crippen LogP contribution in [0.3, 0.4) is 0 Å². The summed E-state index contributed by atoms with van der Waals surface area (Å²) < 4.78 is 25.2. The summed E-state index contributed by atoms with van der Waals surface area (Å²) in [5, 5.41) is -0.490. The lowest BCUT2D eigenvalue weighted by atomic mass is 10.5. The summed E-state index contributed by atoms with van der Waals surface area (Å²) in [5.74, 6) is -0.813. The molecule has 0 aliphatic rings. The van der Waals surface area contributed by atoms with E-state index in [9.17, 15) is 13.2 Å². The zero-order chi connectivity index (χ0) is 14.0. The van der Waals surface area contributed by atoms with Crippen molar-refractivity contribution in [3.8, 4) is 0 Å². The van der Waals surface area contributed by atoms with Crippen molar-refractivity contribution < 1.29 is 18.0 Å². The van der Waals surface area contributed by atoms with Crippen LogP contribution in [0.1, 0.15) is 0 Å². The molecule has 8 nitrogen and oxygen atoms in total. The van der Waals surface area contributed by atoms with E-state index in [4.69, 9.17) is 17.3 Å². The normalized spacial score (nSPS) is 11.8. The lowest BCUT2D eigenvalue weighted by Crippen LogP contribution is -2.30. The number of nitrogens with two attached hydrogens (primary N) is 1. The molecule has 2 heterocycles. The summed E-state index contributed by atoms with van der Waals surface area (Å²) in [6.07, 6.45) is 1.48. The number of sulfonamides is 1. The minimum absolute atomic E-state index is 0.207. The molecule has 0 unspecified atom stereocenters. The third kappa shape index (κ3) is 2.84. The maximum Gasteiger partial charge on any atom is 0.281 e. The Morgan fingerprint density at radius 1 is 1.53 bits per heavy atom. The van der Waals surface area contributed by atoms with Gasteiger partial charge < -0.3 is 5.73 Å². The molecular formula is C9H9ClN4O4S. The first kappa shape index (κ1) is 13.7. The van der Waals surface area contributed by atoms with Crippen LogP contribution in [-0.2, 0) is 19.7 Å². The third-order valence-corrected chi connectivity index (χ3v) is 3.70. The van der Waals surface area contributed by atoms with Gasteiger partial charge in [-0.25, -0.2) is 13.4 Å². The number of amides is 1. The molecule has 0 spiro atoms. The van der Waals surface area contributed by atoms with Crippen molar-refractivity contribution in [2.45, 2.75) is 5.03 Å². The van der Waals surface area contributed by atoms with Crippen molar-refractivity contribution in [2.75, 3.05) is 6.61 Å². The van der Waals surface area contributed by atoms with E-state index in [0.717, 1.165) is 0 Å². The second kappa shape index (κ2) is 5.13. The maximum absolute atomic E-state index is 12.0. The van der Waals surface area contributed by atoms with Crippen molar-refractivity contribution in [1.29, 1.82) is 0 Å². The number of rotatable bonds is 5. The molecule has 0 radical (unpaired) electrons. The van der Waals surface area contributed by atoms with E-state index in [0.29, 0.717) is 5.65 Å². The van der Waals surface area contributed by atoms with E-state index in [1.165, 1.54) is 10.6 Å². The van der Waals surface area contributed by atoms with Crippen molar-refractivity contribution >= 4 is 33.2 Å². The van der Waals surface area contributed by atoms with Crippen molar-refractivity contribution in [3.05, 3.63) is 29.5 Å². The van der Waals surface area contributed by atoms with E-state index < -0.39 is 22.5 Å². The number of halogens is 1. The van der Waals surface area contributed by atoms with Crippen LogP contribution in [0.15, 0.2) is 29.4 Å². The number of fused-ring (bicyclic) bond motifs is 1. The summed E-state index contributed by atoms with van der Waals surface area (Å²) in [7, 11) is -4.08. The van der Waals surface area contributed by atoms with Gasteiger partial charge in [0.05, 0.1) is 0 Å². The minimum atomic E-state index is -4.08. The Labute approximate surface area is 113 Å². The van der Waals surface area contributed by atoms with Gasteiger partial charge in [0.2, 0.25) is 5.91 Å². The molecule has 3 N–H and O–H groups in total. The van der Waals surface area contributed by atoms with Gasteiger partial charge in [0.1, 0.15) is 12.3 Å². The molecule has 0 aromatic carbocycles. The first-order valence-electron chi connectivity index (χ1n) is 4.96. The Balaban J connectivity index is 2.37. The highest BCUT2D eigenvalue weighted by Gasteiger charge is 2.24. The number of hydrogen-bond acceptors (Lipinski definition) is 5. The van der Waals surface area contributed by atoms with E-state index in [1.54, 1.807) is 23.1 Å². The number of nitrogens with one attached hydrogen (secondary N) is 1. The molecule has 0 atom stereocenters. The van der Waals surface area contributed by atoms with Gasteiger partial charge in [-0.1, -0.05) is 22.6 Å². The second-order valence-corrected chi connectivity index (χ2v) is 5.40. The van der Waals surface area contributed by atoms with Crippen LogP contribution in [0.4, 0.5) is 0 Å². The smallest absolute Gasteiger partial charge is 0.281 e. The molecule has 0 aliphatic carbocycles. The highest BCUT2D eigenvalue weighted by Crippen LogP contribution is 2.22. The quantitative estimate of drug-likeness (QED) is 0.735. The summed E-state index contributed by atoms with van der Waals surface area (Å²) in [6.45, 7) is -0.590. The maximum atomic E-state index is 12.0. The number of carbonyl (C=O) groups is 1. The van der Waals surface area contributed by atoms with Gasteiger partial charge in [-0.05, 0) is 12.1 Å². The van der Waals surface area contributed by atoms with Crippen molar-refractivity contribution in [1.82, 2.24) is 14.3 Å². The van der Waals surface area contributed by atoms with E-state index in [-0.39, 0.29) is 10.2 Å². The Morgan fingerprint density at radius 3 is 2.95 bits per heavy atom. The van der Waals surface area contributed by atoms with Crippen molar-refractivity contribution in [3.63, 3.8) is 0 Å². The highest BCUT2D eigenvalue weighted by atomic mass is 35.5. The number of primary amides is 1. The number of nitrogens with zero attached hydrogens (tertiary/aromatic N) is 2. The monoisotopic (exact) mass is 304 g/mol. The van der Waals surface area contributed by atoms with Crippen LogP contribution >= 0.6 is 11.6 Å². The highest BCUT2D eigenvalue weighted by molar-refractivity contribution is 7.89. The molecular weight excluding hydrogens is 296 g/mol. The zero-order valence-electron chi connectivity index (χ0n) is 9.41. The van der Waals surface area contributed by atoms with E-state index >= 15 is 0 Å². The fourth-order valence-corrected chi connectivity index (χ4v) is 2.86. The van der Waals surface area contributed by atoms with Gasteiger partial charge in [-0.2, -0.15) is 0 Å². The van der Waals surface area contributed by atoms with E-state index in [1.807, 2.05) is 0 Å². The molecule has 0 bridgehead atoms. The molecule has 0 saturated heterocycles. The molecule has 0 saturated carbocycles. The Hall–Kier alpha value is -1.68. The number of pyridine rings is 1. The van der Waals surface area contributed by atoms with Crippen LogP contribution in [-0.4, -0.2) is 30.3 Å².